The van der Waals surface area contributed by atoms with Crippen LogP contribution >= 0.6 is 0 Å². The van der Waals surface area contributed by atoms with Crippen LogP contribution in [0, 0.1) is 34.0 Å². The van der Waals surface area contributed by atoms with Gasteiger partial charge in [-0.05, 0) is 31.2 Å². The van der Waals surface area contributed by atoms with E-state index in [1.54, 1.807) is 19.9 Å². The molecular weight excluding hydrogens is 484 g/mol. The van der Waals surface area contributed by atoms with Crippen molar-refractivity contribution in [2.75, 3.05) is 7.11 Å². The van der Waals surface area contributed by atoms with Crippen molar-refractivity contribution >= 4 is 17.7 Å². The lowest BCUT2D eigenvalue weighted by Crippen LogP contribution is -2.72. The minimum atomic E-state index is -1.79. The number of hydrogen-bond donors (Lipinski definition) is 3. The summed E-state index contributed by atoms with van der Waals surface area (Å²) in [6, 6.07) is 1.71. The largest absolute Gasteiger partial charge is 0.472 e. The molecule has 37 heavy (non-hydrogen) atoms. The lowest BCUT2D eigenvalue weighted by molar-refractivity contribution is -0.295. The smallest absolute Gasteiger partial charge is 0.335 e. The van der Waals surface area contributed by atoms with Crippen molar-refractivity contribution in [3.8, 4) is 0 Å². The van der Waals surface area contributed by atoms with E-state index < -0.39 is 81.1 Å². The number of methoxy groups -OCH3 is 1. The number of fused-ring (bicyclic) bond motifs is 2. The third kappa shape index (κ3) is 2.08. The topological polar surface area (TPSA) is 153 Å². The minimum absolute atomic E-state index is 0.0280. The van der Waals surface area contributed by atoms with Gasteiger partial charge < -0.3 is 33.9 Å². The molecular formula is C27H32O10. The molecule has 3 heterocycles. The van der Waals surface area contributed by atoms with Crippen LogP contribution in [0.3, 0.4) is 0 Å². The SMILES string of the molecule is COC(=O)[C@@H](O)[C@@H]1[C@@]2(C)[C@H]3CC[C@@]4(C)[C@H](c5ccoc5)OC(=O)C[C@@]45O[C@H]4C(=O)[C@]1(C)C[C@]2(O)[C@H]4[C@@]35O. The Bertz CT molecular complexity index is 1240. The molecule has 2 saturated heterocycles. The molecule has 6 fully saturated rings. The zero-order chi connectivity index (χ0) is 26.6. The van der Waals surface area contributed by atoms with Gasteiger partial charge in [0.25, 0.3) is 0 Å². The van der Waals surface area contributed by atoms with Gasteiger partial charge in [-0.15, -0.1) is 0 Å². The molecule has 1 spiro atoms. The summed E-state index contributed by atoms with van der Waals surface area (Å²) in [6.45, 7) is 5.34. The predicted molar refractivity (Wildman–Crippen MR) is 121 cm³/mol. The van der Waals surface area contributed by atoms with Crippen molar-refractivity contribution in [3.05, 3.63) is 24.2 Å². The molecule has 0 aromatic carbocycles. The van der Waals surface area contributed by atoms with Crippen LogP contribution in [-0.4, -0.2) is 69.2 Å². The number of furan rings is 1. The molecule has 200 valence electrons. The molecule has 6 aliphatic rings. The van der Waals surface area contributed by atoms with Crippen LogP contribution in [0.15, 0.2) is 23.0 Å². The number of cyclic esters (lactones) is 1. The molecule has 4 saturated carbocycles. The first kappa shape index (κ1) is 23.8. The summed E-state index contributed by atoms with van der Waals surface area (Å²) >= 11 is 0. The molecule has 10 heteroatoms. The van der Waals surface area contributed by atoms with Crippen LogP contribution in [0.25, 0.3) is 0 Å². The van der Waals surface area contributed by atoms with Crippen molar-refractivity contribution in [2.24, 2.45) is 34.0 Å². The van der Waals surface area contributed by atoms with Crippen molar-refractivity contribution in [1.82, 2.24) is 0 Å². The molecule has 2 bridgehead atoms. The molecule has 0 amide bonds. The van der Waals surface area contributed by atoms with Crippen molar-refractivity contribution < 1.29 is 48.3 Å². The first-order chi connectivity index (χ1) is 17.3. The number of carbonyl (C=O) groups is 3. The Kier molecular flexibility index (Phi) is 4.17. The van der Waals surface area contributed by atoms with Crippen LogP contribution in [0.4, 0.5) is 0 Å². The standard InChI is InChI=1S/C27H32O10/c1-22-11-25(32)18-16(19(22)30)37-26-9-14(28)36-20(12-6-8-35-10-12)23(26,2)7-5-13(27(18,26)33)24(25,3)17(22)15(29)21(31)34-4/h6,8,10,13,15-18,20,29,32-33H,5,7,9,11H2,1-4H3/t13-,15+,16-,17+,18+,20+,22-,23+,24-,25+,26-,27+/m1/s1. The van der Waals surface area contributed by atoms with E-state index >= 15 is 0 Å². The van der Waals surface area contributed by atoms with E-state index in [1.807, 2.05) is 6.92 Å². The van der Waals surface area contributed by atoms with E-state index in [2.05, 4.69) is 0 Å². The van der Waals surface area contributed by atoms with E-state index in [1.165, 1.54) is 12.5 Å². The second kappa shape index (κ2) is 6.47. The highest BCUT2D eigenvalue weighted by molar-refractivity contribution is 5.94. The fraction of sp³-hybridized carbons (Fsp3) is 0.741. The van der Waals surface area contributed by atoms with Crippen LogP contribution < -0.4 is 0 Å². The zero-order valence-electron chi connectivity index (χ0n) is 21.2. The quantitative estimate of drug-likeness (QED) is 0.497. The Morgan fingerprint density at radius 1 is 1.22 bits per heavy atom. The maximum Gasteiger partial charge on any atom is 0.335 e. The summed E-state index contributed by atoms with van der Waals surface area (Å²) in [4.78, 5) is 40.1. The first-order valence-electron chi connectivity index (χ1n) is 12.9. The second-order valence-electron chi connectivity index (χ2n) is 12.9. The molecule has 4 aliphatic carbocycles. The van der Waals surface area contributed by atoms with Crippen LogP contribution in [0.1, 0.15) is 58.1 Å². The molecule has 7 rings (SSSR count). The summed E-state index contributed by atoms with van der Waals surface area (Å²) in [5.74, 6) is -4.55. The number of aliphatic hydroxyl groups is 3. The van der Waals surface area contributed by atoms with Crippen LogP contribution in [-0.2, 0) is 28.6 Å². The molecule has 1 aromatic rings. The highest BCUT2D eigenvalue weighted by Crippen LogP contribution is 2.85. The normalized spacial score (nSPS) is 55.6. The summed E-state index contributed by atoms with van der Waals surface area (Å²) in [5, 5.41) is 36.8. The number of Topliss-reactive ketones (excluding diaryl/α,β-unsaturated/α-hetero) is 1. The number of ether oxygens (including phenoxy) is 3. The van der Waals surface area contributed by atoms with Crippen molar-refractivity contribution in [3.63, 3.8) is 0 Å². The van der Waals surface area contributed by atoms with E-state index in [-0.39, 0.29) is 18.6 Å². The monoisotopic (exact) mass is 516 g/mol. The average molecular weight is 517 g/mol. The fourth-order valence-corrected chi connectivity index (χ4v) is 10.7. The third-order valence-corrected chi connectivity index (χ3v) is 11.9. The van der Waals surface area contributed by atoms with Gasteiger partial charge in [0, 0.05) is 27.7 Å². The number of rotatable bonds is 3. The molecule has 10 nitrogen and oxygen atoms in total. The van der Waals surface area contributed by atoms with Gasteiger partial charge in [-0.1, -0.05) is 20.8 Å². The van der Waals surface area contributed by atoms with Crippen LogP contribution in [0.2, 0.25) is 0 Å². The first-order valence-corrected chi connectivity index (χ1v) is 12.9. The van der Waals surface area contributed by atoms with Gasteiger partial charge in [0.1, 0.15) is 23.4 Å². The lowest BCUT2D eigenvalue weighted by atomic mass is 9.45. The van der Waals surface area contributed by atoms with E-state index in [4.69, 9.17) is 18.6 Å². The van der Waals surface area contributed by atoms with Crippen molar-refractivity contribution in [2.45, 2.75) is 81.6 Å². The number of aliphatic hydroxyl groups excluding tert-OH is 1. The van der Waals surface area contributed by atoms with Gasteiger partial charge in [-0.3, -0.25) is 9.59 Å². The average Bonchev–Trinajstić information content (AvgIpc) is 3.52. The molecule has 0 radical (unpaired) electrons. The van der Waals surface area contributed by atoms with Crippen molar-refractivity contribution in [1.29, 1.82) is 0 Å². The molecule has 0 unspecified atom stereocenters. The number of ketones is 1. The number of esters is 2. The Morgan fingerprint density at radius 2 is 1.95 bits per heavy atom. The highest BCUT2D eigenvalue weighted by Gasteiger charge is 2.95. The Balaban J connectivity index is 1.49. The third-order valence-electron chi connectivity index (χ3n) is 11.9. The van der Waals surface area contributed by atoms with Gasteiger partial charge in [0.05, 0.1) is 37.6 Å². The molecule has 3 N–H and O–H groups in total. The van der Waals surface area contributed by atoms with Gasteiger partial charge in [-0.25, -0.2) is 4.79 Å². The number of carbonyl (C=O) groups excluding carboxylic acids is 3. The van der Waals surface area contributed by atoms with E-state index in [9.17, 15) is 29.7 Å². The highest BCUT2D eigenvalue weighted by atomic mass is 16.6. The van der Waals surface area contributed by atoms with Gasteiger partial charge in [0.2, 0.25) is 0 Å². The minimum Gasteiger partial charge on any atom is -0.472 e. The Morgan fingerprint density at radius 3 is 2.59 bits per heavy atom. The number of hydrogen-bond acceptors (Lipinski definition) is 10. The maximum absolute atomic E-state index is 14.2. The van der Waals surface area contributed by atoms with Crippen LogP contribution in [0.5, 0.6) is 0 Å². The van der Waals surface area contributed by atoms with Gasteiger partial charge in [0.15, 0.2) is 11.9 Å². The molecule has 1 aromatic heterocycles. The van der Waals surface area contributed by atoms with E-state index in [0.29, 0.717) is 18.4 Å². The lowest BCUT2D eigenvalue weighted by Gasteiger charge is -2.63. The zero-order valence-corrected chi connectivity index (χ0v) is 21.2. The summed E-state index contributed by atoms with van der Waals surface area (Å²) in [7, 11) is 1.16. The summed E-state index contributed by atoms with van der Waals surface area (Å²) in [5.41, 5.74) is -7.81. The summed E-state index contributed by atoms with van der Waals surface area (Å²) < 4.78 is 22.7. The Hall–Kier alpha value is -2.27. The van der Waals surface area contributed by atoms with Gasteiger partial charge in [-0.2, -0.15) is 0 Å². The Labute approximate surface area is 213 Å². The second-order valence-corrected chi connectivity index (χ2v) is 12.9. The predicted octanol–water partition coefficient (Wildman–Crippen LogP) is 1.06. The fourth-order valence-electron chi connectivity index (χ4n) is 10.7. The summed E-state index contributed by atoms with van der Waals surface area (Å²) in [6.07, 6.45) is -0.164. The van der Waals surface area contributed by atoms with E-state index in [0.717, 1.165) is 7.11 Å². The molecule has 2 aliphatic heterocycles. The van der Waals surface area contributed by atoms with Gasteiger partial charge >= 0.3 is 11.9 Å². The maximum atomic E-state index is 14.2. The molecule has 12 atom stereocenters.